The van der Waals surface area contributed by atoms with Crippen LogP contribution in [-0.2, 0) is 11.4 Å². The molecule has 30 heavy (non-hydrogen) atoms. The summed E-state index contributed by atoms with van der Waals surface area (Å²) in [4.78, 5) is 28.9. The van der Waals surface area contributed by atoms with Crippen molar-refractivity contribution in [2.75, 3.05) is 21.2 Å². The maximum atomic E-state index is 12.4. The number of hydrogen-bond acceptors (Lipinski definition) is 7. The highest BCUT2D eigenvalue weighted by molar-refractivity contribution is 9.10. The molecule has 0 aromatic heterocycles. The number of carbonyl (C=O) groups is 1. The van der Waals surface area contributed by atoms with Crippen molar-refractivity contribution in [2.24, 2.45) is 4.99 Å². The first-order chi connectivity index (χ1) is 14.3. The van der Waals surface area contributed by atoms with Gasteiger partial charge in [-0.2, -0.15) is 0 Å². The maximum absolute atomic E-state index is 12.4. The zero-order chi connectivity index (χ0) is 21.8. The number of aliphatic imine (C=N–C) groups is 1. The molecule has 3 rings (SSSR count). The largest absolute Gasteiger partial charge is 0.493 e. The third-order valence-electron chi connectivity index (χ3n) is 4.31. The quantitative estimate of drug-likeness (QED) is 0.336. The average Bonchev–Trinajstić information content (AvgIpc) is 3.01. The van der Waals surface area contributed by atoms with E-state index in [9.17, 15) is 14.9 Å². The van der Waals surface area contributed by atoms with Crippen LogP contribution in [0.3, 0.4) is 0 Å². The number of non-ortho nitro benzene ring substituents is 1. The maximum Gasteiger partial charge on any atom is 0.269 e. The molecule has 1 fully saturated rings. The van der Waals surface area contributed by atoms with E-state index in [0.29, 0.717) is 21.6 Å². The van der Waals surface area contributed by atoms with Crippen molar-refractivity contribution >= 4 is 50.5 Å². The van der Waals surface area contributed by atoms with Gasteiger partial charge in [-0.25, -0.2) is 0 Å². The summed E-state index contributed by atoms with van der Waals surface area (Å²) < 4.78 is 12.0. The molecule has 0 saturated carbocycles. The number of amides is 1. The normalized spacial score (nSPS) is 16.4. The van der Waals surface area contributed by atoms with E-state index in [1.54, 1.807) is 44.4 Å². The molecule has 10 heteroatoms. The van der Waals surface area contributed by atoms with Crippen molar-refractivity contribution in [3.63, 3.8) is 0 Å². The second-order valence-corrected chi connectivity index (χ2v) is 8.08. The third kappa shape index (κ3) is 4.65. The Balaban J connectivity index is 1.81. The van der Waals surface area contributed by atoms with Crippen LogP contribution in [0.4, 0.5) is 5.69 Å². The Labute approximate surface area is 185 Å². The molecule has 0 atom stereocenters. The van der Waals surface area contributed by atoms with Crippen LogP contribution in [0.5, 0.6) is 11.5 Å². The van der Waals surface area contributed by atoms with E-state index in [4.69, 9.17) is 9.47 Å². The van der Waals surface area contributed by atoms with Crippen LogP contribution in [0, 0.1) is 10.1 Å². The monoisotopic (exact) mass is 491 g/mol. The first kappa shape index (κ1) is 21.8. The van der Waals surface area contributed by atoms with Gasteiger partial charge >= 0.3 is 0 Å². The summed E-state index contributed by atoms with van der Waals surface area (Å²) in [5, 5.41) is 11.4. The minimum atomic E-state index is -0.446. The summed E-state index contributed by atoms with van der Waals surface area (Å²) in [7, 11) is 4.86. The summed E-state index contributed by atoms with van der Waals surface area (Å²) in [6.07, 6.45) is 1.77. The highest BCUT2D eigenvalue weighted by Gasteiger charge is 2.30. The molecule has 1 heterocycles. The molecule has 0 aliphatic carbocycles. The zero-order valence-electron chi connectivity index (χ0n) is 16.4. The molecule has 0 bridgehead atoms. The lowest BCUT2D eigenvalue weighted by atomic mass is 10.1. The third-order valence-corrected chi connectivity index (χ3v) is 6.14. The number of ether oxygens (including phenoxy) is 2. The lowest BCUT2D eigenvalue weighted by molar-refractivity contribution is -0.384. The van der Waals surface area contributed by atoms with Gasteiger partial charge in [0.1, 0.15) is 6.61 Å². The van der Waals surface area contributed by atoms with Gasteiger partial charge in [-0.15, -0.1) is 0 Å². The minimum Gasteiger partial charge on any atom is -0.493 e. The molecule has 1 aliphatic rings. The van der Waals surface area contributed by atoms with Gasteiger partial charge in [0.05, 0.1) is 16.9 Å². The van der Waals surface area contributed by atoms with Crippen LogP contribution in [0.1, 0.15) is 11.1 Å². The number of amidine groups is 1. The van der Waals surface area contributed by atoms with Crippen LogP contribution in [0.25, 0.3) is 6.08 Å². The van der Waals surface area contributed by atoms with Crippen LogP contribution >= 0.6 is 27.7 Å². The summed E-state index contributed by atoms with van der Waals surface area (Å²) >= 11 is 4.82. The minimum absolute atomic E-state index is 0.0257. The summed E-state index contributed by atoms with van der Waals surface area (Å²) in [6.45, 7) is 0.219. The van der Waals surface area contributed by atoms with E-state index in [-0.39, 0.29) is 18.2 Å². The van der Waals surface area contributed by atoms with E-state index in [0.717, 1.165) is 15.6 Å². The molecule has 2 aromatic carbocycles. The number of likely N-dealkylation sites (N-methyl/N-ethyl adjacent to an activating group) is 1. The Bertz CT molecular complexity index is 1050. The number of halogens is 1. The van der Waals surface area contributed by atoms with Crippen molar-refractivity contribution in [2.45, 2.75) is 6.61 Å². The van der Waals surface area contributed by atoms with Gasteiger partial charge in [0.15, 0.2) is 16.7 Å². The van der Waals surface area contributed by atoms with Crippen molar-refractivity contribution in [3.05, 3.63) is 67.0 Å². The molecule has 0 N–H and O–H groups in total. The molecule has 1 saturated heterocycles. The van der Waals surface area contributed by atoms with Gasteiger partial charge in [-0.1, -0.05) is 15.9 Å². The SMILES string of the molecule is CN=C1S/C(=C/c2cc(OC)c(OCc3ccc([N+](=O)[O-])cc3)cc2Br)C(=O)N1C. The summed E-state index contributed by atoms with van der Waals surface area (Å²) in [5.41, 5.74) is 1.57. The van der Waals surface area contributed by atoms with E-state index >= 15 is 0 Å². The second-order valence-electron chi connectivity index (χ2n) is 6.22. The highest BCUT2D eigenvalue weighted by atomic mass is 79.9. The second kappa shape index (κ2) is 9.31. The average molecular weight is 492 g/mol. The topological polar surface area (TPSA) is 94.3 Å². The Morgan fingerprint density at radius 1 is 1.27 bits per heavy atom. The molecule has 1 aliphatic heterocycles. The van der Waals surface area contributed by atoms with Crippen molar-refractivity contribution in [3.8, 4) is 11.5 Å². The lowest BCUT2D eigenvalue weighted by Gasteiger charge is -2.13. The zero-order valence-corrected chi connectivity index (χ0v) is 18.8. The standard InChI is InChI=1S/C20H18BrN3O5S/c1-22-20-23(2)19(25)18(30-20)9-13-8-16(28-3)17(10-15(13)21)29-11-12-4-6-14(7-5-12)24(26)27/h4-10H,11H2,1-3H3/b18-9+,22-20?. The first-order valence-corrected chi connectivity index (χ1v) is 10.3. The number of hydrogen-bond donors (Lipinski definition) is 0. The molecule has 156 valence electrons. The van der Waals surface area contributed by atoms with Gasteiger partial charge in [-0.05, 0) is 53.2 Å². The van der Waals surface area contributed by atoms with Crippen molar-refractivity contribution < 1.29 is 19.2 Å². The number of methoxy groups -OCH3 is 1. The number of carbonyl (C=O) groups excluding carboxylic acids is 1. The fraction of sp³-hybridized carbons (Fsp3) is 0.200. The summed E-state index contributed by atoms with van der Waals surface area (Å²) in [6, 6.07) is 9.69. The first-order valence-electron chi connectivity index (χ1n) is 8.72. The van der Waals surface area contributed by atoms with Gasteiger partial charge in [0.25, 0.3) is 11.6 Å². The number of nitrogens with zero attached hydrogens (tertiary/aromatic N) is 3. The Hall–Kier alpha value is -2.85. The molecule has 2 aromatic rings. The number of benzene rings is 2. The van der Waals surface area contributed by atoms with Crippen molar-refractivity contribution in [1.82, 2.24) is 4.90 Å². The Morgan fingerprint density at radius 3 is 2.53 bits per heavy atom. The van der Waals surface area contributed by atoms with Crippen molar-refractivity contribution in [1.29, 1.82) is 0 Å². The predicted molar refractivity (Wildman–Crippen MR) is 120 cm³/mol. The molecule has 1 amide bonds. The number of nitro groups is 1. The van der Waals surface area contributed by atoms with Crippen LogP contribution in [-0.4, -0.2) is 42.1 Å². The van der Waals surface area contributed by atoms with E-state index < -0.39 is 4.92 Å². The number of rotatable bonds is 6. The number of nitro benzene ring substituents is 1. The Kier molecular flexibility index (Phi) is 6.78. The Morgan fingerprint density at radius 2 is 1.97 bits per heavy atom. The van der Waals surface area contributed by atoms with E-state index in [1.807, 2.05) is 0 Å². The lowest BCUT2D eigenvalue weighted by Crippen LogP contribution is -2.23. The van der Waals surface area contributed by atoms with E-state index in [1.165, 1.54) is 35.9 Å². The fourth-order valence-corrected chi connectivity index (χ4v) is 4.05. The number of thioether (sulfide) groups is 1. The van der Waals surface area contributed by atoms with Gasteiger partial charge in [-0.3, -0.25) is 24.8 Å². The predicted octanol–water partition coefficient (Wildman–Crippen LogP) is 4.48. The summed E-state index contributed by atoms with van der Waals surface area (Å²) in [5.74, 6) is 0.883. The molecule has 0 radical (unpaired) electrons. The molecule has 8 nitrogen and oxygen atoms in total. The molecular formula is C20H18BrN3O5S. The molecule has 0 unspecified atom stereocenters. The highest BCUT2D eigenvalue weighted by Crippen LogP contribution is 2.38. The molecular weight excluding hydrogens is 474 g/mol. The smallest absolute Gasteiger partial charge is 0.269 e. The van der Waals surface area contributed by atoms with Gasteiger partial charge in [0, 0.05) is 30.7 Å². The van der Waals surface area contributed by atoms with E-state index in [2.05, 4.69) is 20.9 Å². The molecule has 0 spiro atoms. The van der Waals surface area contributed by atoms with Gasteiger partial charge in [0.2, 0.25) is 0 Å². The fourth-order valence-electron chi connectivity index (χ4n) is 2.70. The van der Waals surface area contributed by atoms with Crippen LogP contribution in [0.15, 0.2) is 50.8 Å². The van der Waals surface area contributed by atoms with Gasteiger partial charge < -0.3 is 9.47 Å². The van der Waals surface area contributed by atoms with Crippen LogP contribution in [0.2, 0.25) is 0 Å². The van der Waals surface area contributed by atoms with Crippen LogP contribution < -0.4 is 9.47 Å².